The molecule has 2 rings (SSSR count). The van der Waals surface area contributed by atoms with E-state index in [1.807, 2.05) is 13.0 Å². The van der Waals surface area contributed by atoms with Gasteiger partial charge in [-0.3, -0.25) is 0 Å². The molecule has 7 nitrogen and oxygen atoms in total. The van der Waals surface area contributed by atoms with Crippen molar-refractivity contribution in [3.63, 3.8) is 0 Å². The van der Waals surface area contributed by atoms with Gasteiger partial charge < -0.3 is 19.8 Å². The minimum absolute atomic E-state index is 0.181. The number of rotatable bonds is 5. The number of hydrogen-bond acceptors (Lipinski definition) is 7. The van der Waals surface area contributed by atoms with Crippen molar-refractivity contribution >= 4 is 11.6 Å². The van der Waals surface area contributed by atoms with Crippen LogP contribution in [-0.2, 0) is 16.1 Å². The lowest BCUT2D eigenvalue weighted by Crippen LogP contribution is -2.48. The number of anilines is 2. The van der Waals surface area contributed by atoms with E-state index in [1.54, 1.807) is 0 Å². The van der Waals surface area contributed by atoms with Gasteiger partial charge in [0.15, 0.2) is 5.82 Å². The van der Waals surface area contributed by atoms with E-state index in [0.717, 1.165) is 18.9 Å². The van der Waals surface area contributed by atoms with Crippen molar-refractivity contribution < 1.29 is 9.47 Å². The normalized spacial score (nSPS) is 18.1. The van der Waals surface area contributed by atoms with Crippen molar-refractivity contribution in [1.29, 1.82) is 0 Å². The molecule has 0 bridgehead atoms. The fourth-order valence-corrected chi connectivity index (χ4v) is 2.19. The number of nitrogens with zero attached hydrogens (tertiary/aromatic N) is 3. The summed E-state index contributed by atoms with van der Waals surface area (Å²) in [5.74, 6) is 7.54. The first-order valence-electron chi connectivity index (χ1n) is 6.85. The Hall–Kier alpha value is -1.44. The zero-order valence-corrected chi connectivity index (χ0v) is 12.3. The van der Waals surface area contributed by atoms with E-state index >= 15 is 0 Å². The molecule has 0 atom stereocenters. The standard InChI is InChI=1S/C13H23N5O2/c1-4-19-8-11-15-10(17-14)7-12(16-11)18-5-6-20-13(2,3)9-18/h7H,4-6,8-9,14H2,1-3H3,(H,15,16,17). The van der Waals surface area contributed by atoms with Gasteiger partial charge in [0, 0.05) is 25.8 Å². The third-order valence-corrected chi connectivity index (χ3v) is 3.09. The van der Waals surface area contributed by atoms with E-state index in [0.29, 0.717) is 31.5 Å². The molecule has 2 heterocycles. The first-order valence-corrected chi connectivity index (χ1v) is 6.85. The van der Waals surface area contributed by atoms with Crippen LogP contribution in [0.25, 0.3) is 0 Å². The number of ether oxygens (including phenoxy) is 2. The van der Waals surface area contributed by atoms with Crippen LogP contribution in [0.4, 0.5) is 11.6 Å². The average Bonchev–Trinajstić information content (AvgIpc) is 2.43. The van der Waals surface area contributed by atoms with Crippen molar-refractivity contribution in [2.45, 2.75) is 33.0 Å². The van der Waals surface area contributed by atoms with Crippen LogP contribution >= 0.6 is 0 Å². The minimum Gasteiger partial charge on any atom is -0.374 e. The summed E-state index contributed by atoms with van der Waals surface area (Å²) >= 11 is 0. The number of nitrogens with two attached hydrogens (primary N) is 1. The fraction of sp³-hybridized carbons (Fsp3) is 0.692. The van der Waals surface area contributed by atoms with Gasteiger partial charge in [-0.2, -0.15) is 0 Å². The molecular weight excluding hydrogens is 258 g/mol. The molecule has 1 fully saturated rings. The Morgan fingerprint density at radius 2 is 2.30 bits per heavy atom. The second kappa shape index (κ2) is 6.34. The molecule has 112 valence electrons. The zero-order chi connectivity index (χ0) is 14.6. The van der Waals surface area contributed by atoms with Crippen molar-refractivity contribution in [2.24, 2.45) is 5.84 Å². The monoisotopic (exact) mass is 281 g/mol. The van der Waals surface area contributed by atoms with Gasteiger partial charge in [-0.25, -0.2) is 15.8 Å². The summed E-state index contributed by atoms with van der Waals surface area (Å²) < 4.78 is 11.1. The summed E-state index contributed by atoms with van der Waals surface area (Å²) in [6.45, 7) is 9.36. The Labute approximate surface area is 119 Å². The number of morpholine rings is 1. The van der Waals surface area contributed by atoms with Crippen LogP contribution in [0, 0.1) is 0 Å². The first kappa shape index (κ1) is 15.0. The van der Waals surface area contributed by atoms with Crippen molar-refractivity contribution in [3.8, 4) is 0 Å². The lowest BCUT2D eigenvalue weighted by atomic mass is 10.1. The fourth-order valence-electron chi connectivity index (χ4n) is 2.19. The van der Waals surface area contributed by atoms with E-state index in [4.69, 9.17) is 15.3 Å². The molecule has 0 saturated carbocycles. The number of hydrogen-bond donors (Lipinski definition) is 2. The Kier molecular flexibility index (Phi) is 4.74. The predicted molar refractivity (Wildman–Crippen MR) is 77.4 cm³/mol. The Balaban J connectivity index is 2.21. The van der Waals surface area contributed by atoms with Gasteiger partial charge in [-0.15, -0.1) is 0 Å². The highest BCUT2D eigenvalue weighted by atomic mass is 16.5. The molecule has 20 heavy (non-hydrogen) atoms. The van der Waals surface area contributed by atoms with Crippen LogP contribution in [0.5, 0.6) is 0 Å². The summed E-state index contributed by atoms with van der Waals surface area (Å²) in [6, 6.07) is 1.84. The Morgan fingerprint density at radius 3 is 2.95 bits per heavy atom. The van der Waals surface area contributed by atoms with Gasteiger partial charge in [0.2, 0.25) is 0 Å². The molecule has 1 aromatic heterocycles. The van der Waals surface area contributed by atoms with Gasteiger partial charge in [0.05, 0.1) is 12.2 Å². The van der Waals surface area contributed by atoms with Crippen LogP contribution in [0.2, 0.25) is 0 Å². The number of nitrogens with one attached hydrogen (secondary N) is 1. The summed E-state index contributed by atoms with van der Waals surface area (Å²) in [4.78, 5) is 11.0. The molecule has 0 aromatic carbocycles. The van der Waals surface area contributed by atoms with Crippen LogP contribution < -0.4 is 16.2 Å². The first-order chi connectivity index (χ1) is 9.54. The van der Waals surface area contributed by atoms with Gasteiger partial charge >= 0.3 is 0 Å². The van der Waals surface area contributed by atoms with E-state index in [-0.39, 0.29) is 5.60 Å². The lowest BCUT2D eigenvalue weighted by molar-refractivity contribution is -0.0279. The predicted octanol–water partition coefficient (Wildman–Crippen LogP) is 0.914. The minimum atomic E-state index is -0.181. The Bertz CT molecular complexity index is 452. The van der Waals surface area contributed by atoms with Crippen LogP contribution in [0.15, 0.2) is 6.07 Å². The van der Waals surface area contributed by atoms with E-state index in [1.165, 1.54) is 0 Å². The molecule has 0 spiro atoms. The SMILES string of the molecule is CCOCc1nc(NN)cc(N2CCOC(C)(C)C2)n1. The average molecular weight is 281 g/mol. The molecule has 0 radical (unpaired) electrons. The summed E-state index contributed by atoms with van der Waals surface area (Å²) in [5.41, 5.74) is 2.40. The second-order valence-corrected chi connectivity index (χ2v) is 5.34. The quantitative estimate of drug-likeness (QED) is 0.613. The number of aromatic nitrogens is 2. The summed E-state index contributed by atoms with van der Waals surface area (Å²) in [6.07, 6.45) is 0. The summed E-state index contributed by atoms with van der Waals surface area (Å²) in [7, 11) is 0. The lowest BCUT2D eigenvalue weighted by Gasteiger charge is -2.38. The van der Waals surface area contributed by atoms with E-state index in [9.17, 15) is 0 Å². The third-order valence-electron chi connectivity index (χ3n) is 3.09. The maximum atomic E-state index is 5.72. The van der Waals surface area contributed by atoms with Gasteiger partial charge in [-0.1, -0.05) is 0 Å². The maximum Gasteiger partial charge on any atom is 0.158 e. The smallest absolute Gasteiger partial charge is 0.158 e. The van der Waals surface area contributed by atoms with Crippen molar-refractivity contribution in [1.82, 2.24) is 9.97 Å². The third kappa shape index (κ3) is 3.78. The summed E-state index contributed by atoms with van der Waals surface area (Å²) in [5, 5.41) is 0. The number of hydrazine groups is 1. The molecule has 0 aliphatic carbocycles. The largest absolute Gasteiger partial charge is 0.374 e. The molecule has 0 amide bonds. The molecule has 1 aliphatic rings. The van der Waals surface area contributed by atoms with Crippen LogP contribution in [-0.4, -0.2) is 41.9 Å². The van der Waals surface area contributed by atoms with Crippen molar-refractivity contribution in [3.05, 3.63) is 11.9 Å². The second-order valence-electron chi connectivity index (χ2n) is 5.34. The highest BCUT2D eigenvalue weighted by Crippen LogP contribution is 2.23. The van der Waals surface area contributed by atoms with Gasteiger partial charge in [-0.05, 0) is 20.8 Å². The highest BCUT2D eigenvalue weighted by molar-refractivity contribution is 5.49. The molecule has 3 N–H and O–H groups in total. The zero-order valence-electron chi connectivity index (χ0n) is 12.3. The van der Waals surface area contributed by atoms with Gasteiger partial charge in [0.1, 0.15) is 18.2 Å². The van der Waals surface area contributed by atoms with Crippen LogP contribution in [0.3, 0.4) is 0 Å². The van der Waals surface area contributed by atoms with Crippen molar-refractivity contribution in [2.75, 3.05) is 36.6 Å². The van der Waals surface area contributed by atoms with E-state index < -0.39 is 0 Å². The molecular formula is C13H23N5O2. The highest BCUT2D eigenvalue weighted by Gasteiger charge is 2.28. The Morgan fingerprint density at radius 1 is 1.50 bits per heavy atom. The molecule has 7 heteroatoms. The maximum absolute atomic E-state index is 5.72. The van der Waals surface area contributed by atoms with E-state index in [2.05, 4.69) is 34.1 Å². The number of nitrogen functional groups attached to an aromatic ring is 1. The molecule has 0 unspecified atom stereocenters. The van der Waals surface area contributed by atoms with Gasteiger partial charge in [0.25, 0.3) is 0 Å². The molecule has 1 aromatic rings. The molecule has 1 saturated heterocycles. The van der Waals surface area contributed by atoms with Crippen LogP contribution in [0.1, 0.15) is 26.6 Å². The topological polar surface area (TPSA) is 85.5 Å². The molecule has 1 aliphatic heterocycles.